The van der Waals surface area contributed by atoms with Crippen LogP contribution in [0.25, 0.3) is 0 Å². The molecule has 0 aliphatic heterocycles. The lowest BCUT2D eigenvalue weighted by molar-refractivity contribution is -0.149. The number of nitrogens with zero attached hydrogens (tertiary/aromatic N) is 2. The molecule has 6 rings (SSSR count). The lowest BCUT2D eigenvalue weighted by Gasteiger charge is -2.55. The molecular formula is C27H36N4O2. The Bertz CT molecular complexity index is 945. The van der Waals surface area contributed by atoms with Crippen LogP contribution in [0.5, 0.6) is 0 Å². The highest BCUT2D eigenvalue weighted by Crippen LogP contribution is 2.60. The van der Waals surface area contributed by atoms with Crippen molar-refractivity contribution in [2.24, 2.45) is 29.1 Å². The molecule has 4 bridgehead atoms. The van der Waals surface area contributed by atoms with Crippen molar-refractivity contribution in [3.05, 3.63) is 54.1 Å². The highest BCUT2D eigenvalue weighted by Gasteiger charge is 2.55. The summed E-state index contributed by atoms with van der Waals surface area (Å²) in [5, 5.41) is 6.24. The first kappa shape index (κ1) is 22.2. The van der Waals surface area contributed by atoms with Crippen molar-refractivity contribution in [1.82, 2.24) is 20.2 Å². The van der Waals surface area contributed by atoms with Crippen molar-refractivity contribution in [2.45, 2.75) is 71.5 Å². The number of hydrogen-bond donors (Lipinski definition) is 2. The zero-order chi connectivity index (χ0) is 23.0. The monoisotopic (exact) mass is 448 g/mol. The van der Waals surface area contributed by atoms with E-state index in [4.69, 9.17) is 0 Å². The van der Waals surface area contributed by atoms with Gasteiger partial charge in [0, 0.05) is 30.9 Å². The van der Waals surface area contributed by atoms with E-state index in [1.54, 1.807) is 12.5 Å². The van der Waals surface area contributed by atoms with Gasteiger partial charge in [-0.1, -0.05) is 38.1 Å². The van der Waals surface area contributed by atoms with Gasteiger partial charge in [-0.2, -0.15) is 0 Å². The predicted molar refractivity (Wildman–Crippen MR) is 127 cm³/mol. The fourth-order valence-corrected chi connectivity index (χ4v) is 6.87. The molecule has 1 aromatic carbocycles. The number of amides is 2. The molecule has 2 aromatic rings. The maximum Gasteiger partial charge on any atom is 0.243 e. The van der Waals surface area contributed by atoms with Crippen molar-refractivity contribution in [1.29, 1.82) is 0 Å². The molecule has 0 spiro atoms. The summed E-state index contributed by atoms with van der Waals surface area (Å²) in [5.74, 6) is 2.21. The Morgan fingerprint density at radius 3 is 2.18 bits per heavy atom. The van der Waals surface area contributed by atoms with E-state index in [2.05, 4.69) is 27.8 Å². The van der Waals surface area contributed by atoms with Crippen molar-refractivity contribution < 1.29 is 9.59 Å². The minimum atomic E-state index is -0.494. The molecule has 0 unspecified atom stereocenters. The molecule has 176 valence electrons. The van der Waals surface area contributed by atoms with E-state index < -0.39 is 6.04 Å². The van der Waals surface area contributed by atoms with E-state index in [0.717, 1.165) is 31.4 Å². The van der Waals surface area contributed by atoms with Gasteiger partial charge < -0.3 is 15.2 Å². The summed E-state index contributed by atoms with van der Waals surface area (Å²) >= 11 is 0. The van der Waals surface area contributed by atoms with E-state index in [1.807, 2.05) is 36.7 Å². The van der Waals surface area contributed by atoms with Crippen LogP contribution in [0.15, 0.2) is 43.0 Å². The number of carbonyl (C=O) groups excluding carboxylic acids is 2. The zero-order valence-electron chi connectivity index (χ0n) is 19.8. The Morgan fingerprint density at radius 1 is 1.03 bits per heavy atom. The van der Waals surface area contributed by atoms with Crippen LogP contribution in [-0.4, -0.2) is 27.4 Å². The number of hydrogen-bond acceptors (Lipinski definition) is 3. The average molecular weight is 449 g/mol. The molecule has 6 heteroatoms. The third kappa shape index (κ3) is 4.71. The fraction of sp³-hybridized carbons (Fsp3) is 0.593. The highest BCUT2D eigenvalue weighted by molar-refractivity contribution is 5.90. The van der Waals surface area contributed by atoms with Gasteiger partial charge in [-0.3, -0.25) is 9.59 Å². The molecule has 2 amide bonds. The minimum Gasteiger partial charge on any atom is -0.350 e. The molecule has 4 aliphatic carbocycles. The van der Waals surface area contributed by atoms with Crippen LogP contribution in [0, 0.1) is 29.1 Å². The average Bonchev–Trinajstić information content (AvgIpc) is 3.28. The van der Waals surface area contributed by atoms with E-state index in [9.17, 15) is 9.59 Å². The normalized spacial score (nSPS) is 28.6. The number of imidazole rings is 1. The summed E-state index contributed by atoms with van der Waals surface area (Å²) in [6, 6.07) is 7.76. The molecule has 1 atom stereocenters. The number of carbonyl (C=O) groups is 2. The molecule has 0 saturated heterocycles. The van der Waals surface area contributed by atoms with E-state index in [1.165, 1.54) is 24.8 Å². The second-order valence-electron chi connectivity index (χ2n) is 11.2. The van der Waals surface area contributed by atoms with Crippen LogP contribution in [0.2, 0.25) is 0 Å². The quantitative estimate of drug-likeness (QED) is 0.643. The largest absolute Gasteiger partial charge is 0.350 e. The molecule has 6 nitrogen and oxygen atoms in total. The third-order valence-corrected chi connectivity index (χ3v) is 8.17. The van der Waals surface area contributed by atoms with E-state index in [0.29, 0.717) is 24.3 Å². The first-order valence-electron chi connectivity index (χ1n) is 12.5. The number of aromatic nitrogens is 2. The number of rotatable bonds is 8. The first-order chi connectivity index (χ1) is 15.9. The van der Waals surface area contributed by atoms with Gasteiger partial charge in [-0.25, -0.2) is 4.98 Å². The van der Waals surface area contributed by atoms with Gasteiger partial charge in [-0.05, 0) is 73.3 Å². The summed E-state index contributed by atoms with van der Waals surface area (Å²) in [5.41, 5.74) is 2.01. The summed E-state index contributed by atoms with van der Waals surface area (Å²) in [6.07, 6.45) is 12.5. The van der Waals surface area contributed by atoms with Crippen LogP contribution in [0.4, 0.5) is 0 Å². The second-order valence-corrected chi connectivity index (χ2v) is 11.2. The molecule has 4 aliphatic rings. The smallest absolute Gasteiger partial charge is 0.243 e. The van der Waals surface area contributed by atoms with Crippen LogP contribution in [-0.2, 0) is 22.7 Å². The number of nitrogens with one attached hydrogen (secondary N) is 2. The van der Waals surface area contributed by atoms with Gasteiger partial charge in [0.25, 0.3) is 0 Å². The van der Waals surface area contributed by atoms with Gasteiger partial charge in [-0.15, -0.1) is 0 Å². The molecular weight excluding hydrogens is 412 g/mol. The van der Waals surface area contributed by atoms with E-state index >= 15 is 0 Å². The molecule has 1 aromatic heterocycles. The zero-order valence-corrected chi connectivity index (χ0v) is 19.8. The fourth-order valence-electron chi connectivity index (χ4n) is 6.87. The van der Waals surface area contributed by atoms with Crippen molar-refractivity contribution in [2.75, 3.05) is 0 Å². The highest BCUT2D eigenvalue weighted by atomic mass is 16.2. The molecule has 33 heavy (non-hydrogen) atoms. The maximum atomic E-state index is 13.5. The third-order valence-electron chi connectivity index (χ3n) is 8.17. The van der Waals surface area contributed by atoms with Crippen molar-refractivity contribution in [3.8, 4) is 0 Å². The SMILES string of the molecule is CC(C)[C@H](NC(=O)C12CC3CC(CC(C3)C1)C2)C(=O)NCc1ccc(Cn2ccnc2)cc1. The molecule has 4 fully saturated rings. The summed E-state index contributed by atoms with van der Waals surface area (Å²) in [6.45, 7) is 5.25. The summed E-state index contributed by atoms with van der Waals surface area (Å²) in [7, 11) is 0. The topological polar surface area (TPSA) is 76.0 Å². The lowest BCUT2D eigenvalue weighted by atomic mass is 9.49. The van der Waals surface area contributed by atoms with Gasteiger partial charge in [0.15, 0.2) is 0 Å². The van der Waals surface area contributed by atoms with Crippen LogP contribution >= 0.6 is 0 Å². The Balaban J connectivity index is 1.17. The van der Waals surface area contributed by atoms with Gasteiger partial charge in [0.2, 0.25) is 11.8 Å². The molecule has 4 saturated carbocycles. The molecule has 1 heterocycles. The molecule has 2 N–H and O–H groups in total. The first-order valence-corrected chi connectivity index (χ1v) is 12.5. The van der Waals surface area contributed by atoms with Crippen molar-refractivity contribution >= 4 is 11.8 Å². The van der Waals surface area contributed by atoms with Gasteiger partial charge in [0.05, 0.1) is 6.33 Å². The summed E-state index contributed by atoms with van der Waals surface area (Å²) < 4.78 is 2.02. The Kier molecular flexibility index (Phi) is 6.02. The lowest BCUT2D eigenvalue weighted by Crippen LogP contribution is -2.58. The summed E-state index contributed by atoms with van der Waals surface area (Å²) in [4.78, 5) is 30.6. The van der Waals surface area contributed by atoms with Crippen molar-refractivity contribution in [3.63, 3.8) is 0 Å². The maximum absolute atomic E-state index is 13.5. The molecule has 0 radical (unpaired) electrons. The minimum absolute atomic E-state index is 0.0421. The number of benzene rings is 1. The van der Waals surface area contributed by atoms with Gasteiger partial charge in [0.1, 0.15) is 6.04 Å². The van der Waals surface area contributed by atoms with Crippen LogP contribution in [0.1, 0.15) is 63.5 Å². The Morgan fingerprint density at radius 2 is 1.64 bits per heavy atom. The standard InChI is InChI=1S/C27H36N4O2/c1-18(2)24(30-26(33)27-12-21-9-22(13-27)11-23(10-21)14-27)25(32)29-15-19-3-5-20(6-4-19)16-31-8-7-28-17-31/h3-8,17-18,21-24H,9-16H2,1-2H3,(H,29,32)(H,30,33)/t21?,22?,23?,24-,27?/m0/s1. The van der Waals surface area contributed by atoms with Crippen LogP contribution in [0.3, 0.4) is 0 Å². The Hall–Kier alpha value is -2.63. The van der Waals surface area contributed by atoms with E-state index in [-0.39, 0.29) is 23.1 Å². The van der Waals surface area contributed by atoms with Gasteiger partial charge >= 0.3 is 0 Å². The predicted octanol–water partition coefficient (Wildman–Crippen LogP) is 3.90. The van der Waals surface area contributed by atoms with Crippen LogP contribution < -0.4 is 10.6 Å². The second kappa shape index (κ2) is 8.96. The Labute approximate surface area is 196 Å².